The Morgan fingerprint density at radius 1 is 1.18 bits per heavy atom. The summed E-state index contributed by atoms with van der Waals surface area (Å²) in [4.78, 5) is 4.22. The van der Waals surface area contributed by atoms with Crippen molar-refractivity contribution in [1.82, 2.24) is 14.6 Å². The Kier molecular flexibility index (Phi) is 5.52. The van der Waals surface area contributed by atoms with Gasteiger partial charge in [-0.3, -0.25) is 0 Å². The number of rotatable bonds is 5. The Labute approximate surface area is 165 Å². The molecule has 0 amide bonds. The summed E-state index contributed by atoms with van der Waals surface area (Å²) in [5.74, 6) is 1.21. The first-order valence-corrected chi connectivity index (χ1v) is 11.4. The molecule has 3 heterocycles. The second-order valence-corrected chi connectivity index (χ2v) is 9.27. The number of nitrogens with one attached hydrogen (secondary N) is 1. The number of hydrogen-bond donors (Lipinski definition) is 1. The highest BCUT2D eigenvalue weighted by Crippen LogP contribution is 2.33. The summed E-state index contributed by atoms with van der Waals surface area (Å²) in [6.45, 7) is 2.40. The third kappa shape index (κ3) is 4.45. The van der Waals surface area contributed by atoms with Gasteiger partial charge in [0.1, 0.15) is 6.61 Å². The van der Waals surface area contributed by atoms with Gasteiger partial charge in [-0.15, -0.1) is 0 Å². The molecule has 1 saturated heterocycles. The average Bonchev–Trinajstić information content (AvgIpc) is 2.72. The van der Waals surface area contributed by atoms with Crippen molar-refractivity contribution in [3.05, 3.63) is 53.7 Å². The third-order valence-corrected chi connectivity index (χ3v) is 6.55. The van der Waals surface area contributed by atoms with Crippen LogP contribution in [0.5, 0.6) is 11.6 Å². The molecule has 2 aliphatic heterocycles. The summed E-state index contributed by atoms with van der Waals surface area (Å²) in [6, 6.07) is 12.3. The van der Waals surface area contributed by atoms with Crippen LogP contribution in [0.1, 0.15) is 30.1 Å². The minimum Gasteiger partial charge on any atom is -0.484 e. The van der Waals surface area contributed by atoms with Gasteiger partial charge < -0.3 is 14.8 Å². The molecule has 4 rings (SSSR count). The lowest BCUT2D eigenvalue weighted by atomic mass is 10.0. The predicted octanol–water partition coefficient (Wildman–Crippen LogP) is 2.11. The van der Waals surface area contributed by atoms with Gasteiger partial charge in [0.15, 0.2) is 11.9 Å². The van der Waals surface area contributed by atoms with Gasteiger partial charge in [-0.2, -0.15) is 0 Å². The molecular weight excluding hydrogens is 378 g/mol. The monoisotopic (exact) mass is 403 g/mol. The molecule has 1 fully saturated rings. The molecule has 1 aromatic carbocycles. The number of piperidine rings is 1. The van der Waals surface area contributed by atoms with E-state index in [9.17, 15) is 8.42 Å². The van der Waals surface area contributed by atoms with E-state index < -0.39 is 10.0 Å². The smallest absolute Gasteiger partial charge is 0.257 e. The number of aromatic nitrogens is 1. The fourth-order valence-corrected chi connectivity index (χ4v) is 4.45. The van der Waals surface area contributed by atoms with E-state index in [0.717, 1.165) is 24.9 Å². The van der Waals surface area contributed by atoms with E-state index in [-0.39, 0.29) is 6.10 Å². The highest BCUT2D eigenvalue weighted by molar-refractivity contribution is 7.88. The minimum atomic E-state index is -3.07. The molecule has 0 bridgehead atoms. The van der Waals surface area contributed by atoms with Crippen LogP contribution in [0.2, 0.25) is 0 Å². The molecule has 0 spiro atoms. The molecule has 2 aliphatic rings. The van der Waals surface area contributed by atoms with Crippen LogP contribution >= 0.6 is 0 Å². The Hall–Kier alpha value is -2.16. The standard InChI is InChI=1S/C20H25N3O4S/c1-28(24,25)23-11-8-17(9-12-23)22-13-15-4-6-16(7-5-15)19-14-26-18-3-2-10-21-20(18)27-19/h2-7,10,17,19,22H,8-9,11-14H2,1H3. The fraction of sp³-hybridized carbons (Fsp3) is 0.450. The first-order chi connectivity index (χ1) is 13.5. The number of fused-ring (bicyclic) bond motifs is 1. The van der Waals surface area contributed by atoms with Crippen molar-refractivity contribution in [1.29, 1.82) is 0 Å². The molecule has 1 N–H and O–H groups in total. The maximum absolute atomic E-state index is 11.6. The van der Waals surface area contributed by atoms with Crippen molar-refractivity contribution in [2.24, 2.45) is 0 Å². The van der Waals surface area contributed by atoms with Gasteiger partial charge in [0, 0.05) is 31.9 Å². The lowest BCUT2D eigenvalue weighted by molar-refractivity contribution is 0.0851. The highest BCUT2D eigenvalue weighted by Gasteiger charge is 2.25. The molecule has 1 unspecified atom stereocenters. The molecule has 0 saturated carbocycles. The maximum Gasteiger partial charge on any atom is 0.257 e. The molecule has 0 radical (unpaired) electrons. The molecule has 1 aromatic heterocycles. The third-order valence-electron chi connectivity index (χ3n) is 5.25. The lowest BCUT2D eigenvalue weighted by Crippen LogP contribution is -2.44. The van der Waals surface area contributed by atoms with E-state index in [0.29, 0.717) is 37.4 Å². The number of pyridine rings is 1. The van der Waals surface area contributed by atoms with Crippen molar-refractivity contribution in [2.75, 3.05) is 26.0 Å². The van der Waals surface area contributed by atoms with Gasteiger partial charge in [0.25, 0.3) is 5.88 Å². The molecule has 150 valence electrons. The lowest BCUT2D eigenvalue weighted by Gasteiger charge is -2.30. The number of nitrogens with zero attached hydrogens (tertiary/aromatic N) is 2. The molecule has 7 nitrogen and oxygen atoms in total. The van der Waals surface area contributed by atoms with Crippen LogP contribution in [0.3, 0.4) is 0 Å². The summed E-state index contributed by atoms with van der Waals surface area (Å²) in [7, 11) is -3.07. The maximum atomic E-state index is 11.6. The first-order valence-electron chi connectivity index (χ1n) is 9.51. The van der Waals surface area contributed by atoms with Crippen LogP contribution in [0, 0.1) is 0 Å². The van der Waals surface area contributed by atoms with Crippen molar-refractivity contribution in [3.63, 3.8) is 0 Å². The topological polar surface area (TPSA) is 80.8 Å². The van der Waals surface area contributed by atoms with Gasteiger partial charge in [-0.1, -0.05) is 24.3 Å². The second kappa shape index (κ2) is 8.06. The summed E-state index contributed by atoms with van der Waals surface area (Å²) >= 11 is 0. The zero-order valence-electron chi connectivity index (χ0n) is 15.9. The SMILES string of the molecule is CS(=O)(=O)N1CCC(NCc2ccc(C3COc4cccnc4O3)cc2)CC1. The molecule has 0 aliphatic carbocycles. The highest BCUT2D eigenvalue weighted by atomic mass is 32.2. The summed E-state index contributed by atoms with van der Waals surface area (Å²) in [5.41, 5.74) is 2.24. The second-order valence-electron chi connectivity index (χ2n) is 7.28. The normalized spacial score (nSPS) is 20.8. The largest absolute Gasteiger partial charge is 0.484 e. The van der Waals surface area contributed by atoms with E-state index in [1.807, 2.05) is 12.1 Å². The summed E-state index contributed by atoms with van der Waals surface area (Å²) < 4.78 is 36.4. The van der Waals surface area contributed by atoms with Gasteiger partial charge in [0.05, 0.1) is 6.26 Å². The molecule has 8 heteroatoms. The van der Waals surface area contributed by atoms with Crippen molar-refractivity contribution in [3.8, 4) is 11.6 Å². The summed E-state index contributed by atoms with van der Waals surface area (Å²) in [6.07, 6.45) is 4.48. The van der Waals surface area contributed by atoms with Gasteiger partial charge in [-0.05, 0) is 36.1 Å². The Morgan fingerprint density at radius 2 is 1.93 bits per heavy atom. The van der Waals surface area contributed by atoms with Crippen molar-refractivity contribution in [2.45, 2.75) is 31.5 Å². The van der Waals surface area contributed by atoms with Crippen LogP contribution in [-0.4, -0.2) is 49.7 Å². The van der Waals surface area contributed by atoms with E-state index in [4.69, 9.17) is 9.47 Å². The molecule has 1 atom stereocenters. The Morgan fingerprint density at radius 3 is 2.64 bits per heavy atom. The van der Waals surface area contributed by atoms with Gasteiger partial charge in [0.2, 0.25) is 10.0 Å². The molecule has 2 aromatic rings. The van der Waals surface area contributed by atoms with E-state index >= 15 is 0 Å². The minimum absolute atomic E-state index is 0.162. The van der Waals surface area contributed by atoms with Crippen molar-refractivity contribution >= 4 is 10.0 Å². The van der Waals surface area contributed by atoms with Crippen LogP contribution < -0.4 is 14.8 Å². The Bertz CT molecular complexity index is 909. The first kappa shape index (κ1) is 19.2. The van der Waals surface area contributed by atoms with Crippen LogP contribution in [0.15, 0.2) is 42.6 Å². The van der Waals surface area contributed by atoms with Gasteiger partial charge in [-0.25, -0.2) is 17.7 Å². The van der Waals surface area contributed by atoms with Crippen LogP contribution in [0.4, 0.5) is 0 Å². The average molecular weight is 404 g/mol. The summed E-state index contributed by atoms with van der Waals surface area (Å²) in [5, 5.41) is 3.53. The molecular formula is C20H25N3O4S. The number of ether oxygens (including phenoxy) is 2. The van der Waals surface area contributed by atoms with E-state index in [1.54, 1.807) is 10.5 Å². The predicted molar refractivity (Wildman–Crippen MR) is 106 cm³/mol. The van der Waals surface area contributed by atoms with Crippen LogP contribution in [-0.2, 0) is 16.6 Å². The number of sulfonamides is 1. The zero-order chi connectivity index (χ0) is 19.6. The van der Waals surface area contributed by atoms with Gasteiger partial charge >= 0.3 is 0 Å². The quantitative estimate of drug-likeness (QED) is 0.824. The molecule has 28 heavy (non-hydrogen) atoms. The van der Waals surface area contributed by atoms with E-state index in [1.165, 1.54) is 11.8 Å². The number of benzene rings is 1. The van der Waals surface area contributed by atoms with E-state index in [2.05, 4.69) is 34.6 Å². The zero-order valence-corrected chi connectivity index (χ0v) is 16.7. The number of hydrogen-bond acceptors (Lipinski definition) is 6. The fourth-order valence-electron chi connectivity index (χ4n) is 3.58. The van der Waals surface area contributed by atoms with Crippen LogP contribution in [0.25, 0.3) is 0 Å². The Balaban J connectivity index is 1.29. The van der Waals surface area contributed by atoms with Crippen molar-refractivity contribution < 1.29 is 17.9 Å².